The van der Waals surface area contributed by atoms with Crippen molar-refractivity contribution in [1.29, 1.82) is 0 Å². The van der Waals surface area contributed by atoms with Crippen molar-refractivity contribution in [3.63, 3.8) is 0 Å². The molecule has 0 saturated heterocycles. The molecule has 0 radical (unpaired) electrons. The number of hydrogen-bond donors (Lipinski definition) is 0. The third kappa shape index (κ3) is 1.74. The van der Waals surface area contributed by atoms with Gasteiger partial charge < -0.3 is 4.42 Å². The number of hydrogen-bond acceptors (Lipinski definition) is 3. The van der Waals surface area contributed by atoms with Crippen LogP contribution in [0.15, 0.2) is 21.3 Å². The van der Waals surface area contributed by atoms with Gasteiger partial charge in [0.2, 0.25) is 0 Å². The number of Topliss-reactive ketones (excluding diaryl/α,β-unsaturated/α-hetero) is 1. The maximum atomic E-state index is 11.1. The van der Waals surface area contributed by atoms with E-state index >= 15 is 0 Å². The first-order valence-corrected chi connectivity index (χ1v) is 3.88. The average Bonchev–Trinajstić information content (AvgIpc) is 2.03. The van der Waals surface area contributed by atoms with E-state index in [0.29, 0.717) is 11.3 Å². The van der Waals surface area contributed by atoms with E-state index in [1.165, 1.54) is 12.1 Å². The van der Waals surface area contributed by atoms with Crippen LogP contribution in [-0.4, -0.2) is 11.7 Å². The highest BCUT2D eigenvalue weighted by Crippen LogP contribution is 2.05. The minimum Gasteiger partial charge on any atom is -0.427 e. The predicted molar refractivity (Wildman–Crippen MR) is 44.8 cm³/mol. The number of ketones is 1. The molecule has 64 valence electrons. The molecule has 0 aliphatic heterocycles. The molecule has 0 atom stereocenters. The van der Waals surface area contributed by atoms with Crippen LogP contribution in [0.1, 0.15) is 16.1 Å². The number of rotatable bonds is 2. The first-order chi connectivity index (χ1) is 5.65. The van der Waals surface area contributed by atoms with Crippen LogP contribution in [0.2, 0.25) is 0 Å². The van der Waals surface area contributed by atoms with Gasteiger partial charge in [-0.05, 0) is 13.0 Å². The lowest BCUT2D eigenvalue weighted by atomic mass is 10.1. The summed E-state index contributed by atoms with van der Waals surface area (Å²) in [4.78, 5) is 21.7. The predicted octanol–water partition coefficient (Wildman–Crippen LogP) is 1.37. The Kier molecular flexibility index (Phi) is 2.65. The molecule has 1 heterocycles. The zero-order chi connectivity index (χ0) is 9.14. The van der Waals surface area contributed by atoms with Gasteiger partial charge in [0.05, 0.1) is 11.4 Å². The monoisotopic (exact) mass is 186 g/mol. The smallest absolute Gasteiger partial charge is 0.335 e. The minimum atomic E-state index is -0.460. The fourth-order valence-electron chi connectivity index (χ4n) is 0.870. The van der Waals surface area contributed by atoms with Crippen molar-refractivity contribution < 1.29 is 9.21 Å². The highest BCUT2D eigenvalue weighted by Gasteiger charge is 2.08. The van der Waals surface area contributed by atoms with E-state index in [0.717, 1.165) is 0 Å². The summed E-state index contributed by atoms with van der Waals surface area (Å²) in [6, 6.07) is 2.62. The van der Waals surface area contributed by atoms with Gasteiger partial charge in [0.1, 0.15) is 5.76 Å². The van der Waals surface area contributed by atoms with E-state index in [1.807, 2.05) is 0 Å². The van der Waals surface area contributed by atoms with Crippen molar-refractivity contribution in [2.24, 2.45) is 0 Å². The Morgan fingerprint density at radius 2 is 2.25 bits per heavy atom. The third-order valence-electron chi connectivity index (χ3n) is 1.44. The highest BCUT2D eigenvalue weighted by atomic mass is 35.5. The van der Waals surface area contributed by atoms with Crippen LogP contribution >= 0.6 is 11.6 Å². The van der Waals surface area contributed by atoms with E-state index in [9.17, 15) is 9.59 Å². The molecule has 0 aromatic carbocycles. The Morgan fingerprint density at radius 1 is 1.58 bits per heavy atom. The van der Waals surface area contributed by atoms with Crippen LogP contribution in [0, 0.1) is 6.92 Å². The molecule has 1 aromatic heterocycles. The molecule has 0 amide bonds. The summed E-state index contributed by atoms with van der Waals surface area (Å²) >= 11 is 5.33. The maximum Gasteiger partial charge on any atom is 0.335 e. The number of halogens is 1. The van der Waals surface area contributed by atoms with Gasteiger partial charge >= 0.3 is 5.63 Å². The topological polar surface area (TPSA) is 47.3 Å². The lowest BCUT2D eigenvalue weighted by Gasteiger charge is -1.98. The zero-order valence-corrected chi connectivity index (χ0v) is 7.22. The molecule has 0 bridgehead atoms. The highest BCUT2D eigenvalue weighted by molar-refractivity contribution is 6.30. The molecule has 4 heteroatoms. The Bertz CT molecular complexity index is 354. The average molecular weight is 187 g/mol. The second-order valence-electron chi connectivity index (χ2n) is 2.28. The number of carbonyl (C=O) groups is 1. The van der Waals surface area contributed by atoms with Gasteiger partial charge in [0, 0.05) is 6.07 Å². The van der Waals surface area contributed by atoms with Crippen LogP contribution in [0.25, 0.3) is 0 Å². The number of alkyl halides is 1. The fourth-order valence-corrected chi connectivity index (χ4v) is 1.01. The molecule has 1 aromatic rings. The van der Waals surface area contributed by atoms with Crippen LogP contribution < -0.4 is 5.63 Å². The molecule has 0 aliphatic rings. The molecule has 0 aliphatic carbocycles. The summed E-state index contributed by atoms with van der Waals surface area (Å²) in [5.41, 5.74) is -0.0942. The fraction of sp³-hybridized carbons (Fsp3) is 0.250. The van der Waals surface area contributed by atoms with Crippen molar-refractivity contribution in [1.82, 2.24) is 0 Å². The summed E-state index contributed by atoms with van der Waals surface area (Å²) in [6.45, 7) is 1.56. The van der Waals surface area contributed by atoms with Crippen LogP contribution in [0.4, 0.5) is 0 Å². The third-order valence-corrected chi connectivity index (χ3v) is 1.68. The van der Waals surface area contributed by atoms with Gasteiger partial charge in [-0.25, -0.2) is 4.79 Å². The van der Waals surface area contributed by atoms with E-state index < -0.39 is 5.63 Å². The van der Waals surface area contributed by atoms with Gasteiger partial charge in [0.15, 0.2) is 5.78 Å². The number of carbonyl (C=O) groups excluding carboxylic acids is 1. The number of aryl methyl sites for hydroxylation is 1. The normalized spacial score (nSPS) is 9.83. The lowest BCUT2D eigenvalue weighted by molar-refractivity contribution is 0.101. The van der Waals surface area contributed by atoms with Gasteiger partial charge in [-0.1, -0.05) is 0 Å². The molecule has 0 spiro atoms. The molecule has 0 N–H and O–H groups in total. The second-order valence-corrected chi connectivity index (χ2v) is 2.55. The molecule has 0 fully saturated rings. The summed E-state index contributed by atoms with van der Waals surface area (Å²) in [6.07, 6.45) is 0. The van der Waals surface area contributed by atoms with Gasteiger partial charge in [-0.3, -0.25) is 4.79 Å². The van der Waals surface area contributed by atoms with Gasteiger partial charge in [-0.2, -0.15) is 0 Å². The molecule has 12 heavy (non-hydrogen) atoms. The Labute approximate surface area is 74.0 Å². The van der Waals surface area contributed by atoms with E-state index in [-0.39, 0.29) is 11.7 Å². The van der Waals surface area contributed by atoms with Crippen LogP contribution in [0.3, 0.4) is 0 Å². The lowest BCUT2D eigenvalue weighted by Crippen LogP contribution is -2.07. The van der Waals surface area contributed by atoms with Crippen molar-refractivity contribution >= 4 is 17.4 Å². The standard InChI is InChI=1S/C8H7ClO3/c1-5-6(7(10)4-9)2-3-8(11)12-5/h2-3H,4H2,1H3. The SMILES string of the molecule is Cc1oc(=O)ccc1C(=O)CCl. The zero-order valence-electron chi connectivity index (χ0n) is 6.46. The Morgan fingerprint density at radius 3 is 2.75 bits per heavy atom. The summed E-state index contributed by atoms with van der Waals surface area (Å²) < 4.78 is 4.70. The summed E-state index contributed by atoms with van der Waals surface area (Å²) in [7, 11) is 0. The van der Waals surface area contributed by atoms with E-state index in [2.05, 4.69) is 0 Å². The van der Waals surface area contributed by atoms with Crippen molar-refractivity contribution in [2.45, 2.75) is 6.92 Å². The Balaban J connectivity index is 3.18. The molecular formula is C8H7ClO3. The van der Waals surface area contributed by atoms with E-state index in [4.69, 9.17) is 16.0 Å². The Hall–Kier alpha value is -1.09. The second kappa shape index (κ2) is 3.54. The van der Waals surface area contributed by atoms with Crippen LogP contribution in [0.5, 0.6) is 0 Å². The summed E-state index contributed by atoms with van der Waals surface area (Å²) in [5.74, 6) is -0.0276. The largest absolute Gasteiger partial charge is 0.427 e. The van der Waals surface area contributed by atoms with Crippen LogP contribution in [-0.2, 0) is 0 Å². The molecule has 0 unspecified atom stereocenters. The van der Waals surface area contributed by atoms with Gasteiger partial charge in [0.25, 0.3) is 0 Å². The molecule has 0 saturated carbocycles. The molecule has 1 rings (SSSR count). The van der Waals surface area contributed by atoms with Crippen molar-refractivity contribution in [3.8, 4) is 0 Å². The molecule has 3 nitrogen and oxygen atoms in total. The summed E-state index contributed by atoms with van der Waals surface area (Å²) in [5, 5.41) is 0. The van der Waals surface area contributed by atoms with Gasteiger partial charge in [-0.15, -0.1) is 11.6 Å². The van der Waals surface area contributed by atoms with Crippen molar-refractivity contribution in [2.75, 3.05) is 5.88 Å². The first kappa shape index (κ1) is 9.00. The minimum absolute atomic E-state index is 0.103. The van der Waals surface area contributed by atoms with Crippen molar-refractivity contribution in [3.05, 3.63) is 33.9 Å². The quantitative estimate of drug-likeness (QED) is 0.518. The van der Waals surface area contributed by atoms with E-state index in [1.54, 1.807) is 6.92 Å². The maximum absolute atomic E-state index is 11.1. The molecular weight excluding hydrogens is 180 g/mol. The first-order valence-electron chi connectivity index (χ1n) is 3.35.